The van der Waals surface area contributed by atoms with Gasteiger partial charge in [0.1, 0.15) is 11.6 Å². The van der Waals surface area contributed by atoms with Crippen LogP contribution in [0.25, 0.3) is 0 Å². The molecular weight excluding hydrogens is 296 g/mol. The van der Waals surface area contributed by atoms with Gasteiger partial charge in [-0.05, 0) is 38.5 Å². The Morgan fingerprint density at radius 2 is 1.86 bits per heavy atom. The lowest BCUT2D eigenvalue weighted by Gasteiger charge is -2.24. The van der Waals surface area contributed by atoms with E-state index >= 15 is 0 Å². The second-order valence-corrected chi connectivity index (χ2v) is 6.14. The largest absolute Gasteiger partial charge is 0.444 e. The molecular formula is C14H19ClN2O4. The van der Waals surface area contributed by atoms with E-state index in [1.165, 1.54) is 6.92 Å². The topological polar surface area (TPSA) is 81.5 Å². The van der Waals surface area contributed by atoms with Gasteiger partial charge in [-0.15, -0.1) is 0 Å². The summed E-state index contributed by atoms with van der Waals surface area (Å²) in [5.41, 5.74) is -0.0820. The molecule has 0 aromatic heterocycles. The van der Waals surface area contributed by atoms with Crippen molar-refractivity contribution >= 4 is 17.7 Å². The molecule has 116 valence electrons. The Morgan fingerprint density at radius 1 is 1.33 bits per heavy atom. The van der Waals surface area contributed by atoms with E-state index in [-0.39, 0.29) is 0 Å². The van der Waals surface area contributed by atoms with Gasteiger partial charge in [0, 0.05) is 16.9 Å². The highest BCUT2D eigenvalue weighted by molar-refractivity contribution is 6.30. The van der Waals surface area contributed by atoms with E-state index in [9.17, 15) is 14.9 Å². The SMILES string of the molecule is C[C@H]([C@@H](NC(=O)OC(C)(C)C)c1ccc(Cl)cc1)[N+](=O)[O-]. The van der Waals surface area contributed by atoms with E-state index in [1.807, 2.05) is 0 Å². The van der Waals surface area contributed by atoms with Crippen molar-refractivity contribution in [3.63, 3.8) is 0 Å². The van der Waals surface area contributed by atoms with Crippen LogP contribution in [0.15, 0.2) is 24.3 Å². The number of rotatable bonds is 4. The molecule has 0 unspecified atom stereocenters. The van der Waals surface area contributed by atoms with Crippen molar-refractivity contribution in [2.45, 2.75) is 45.4 Å². The summed E-state index contributed by atoms with van der Waals surface area (Å²) in [7, 11) is 0. The number of benzene rings is 1. The lowest BCUT2D eigenvalue weighted by atomic mass is 10.0. The summed E-state index contributed by atoms with van der Waals surface area (Å²) in [4.78, 5) is 22.4. The van der Waals surface area contributed by atoms with Gasteiger partial charge in [-0.2, -0.15) is 0 Å². The number of nitro groups is 1. The van der Waals surface area contributed by atoms with Gasteiger partial charge in [0.15, 0.2) is 0 Å². The van der Waals surface area contributed by atoms with Gasteiger partial charge < -0.3 is 10.1 Å². The molecule has 0 saturated heterocycles. The average Bonchev–Trinajstić information content (AvgIpc) is 2.34. The van der Waals surface area contributed by atoms with Crippen LogP contribution in [0, 0.1) is 10.1 Å². The van der Waals surface area contributed by atoms with Crippen LogP contribution in [0.4, 0.5) is 4.79 Å². The second kappa shape index (κ2) is 6.76. The van der Waals surface area contributed by atoms with E-state index in [0.717, 1.165) is 0 Å². The van der Waals surface area contributed by atoms with Gasteiger partial charge in [-0.1, -0.05) is 23.7 Å². The molecule has 0 heterocycles. The number of halogens is 1. The average molecular weight is 315 g/mol. The Kier molecular flexibility index (Phi) is 5.54. The summed E-state index contributed by atoms with van der Waals surface area (Å²) < 4.78 is 5.14. The first-order valence-corrected chi connectivity index (χ1v) is 6.86. The third kappa shape index (κ3) is 5.59. The molecule has 0 saturated carbocycles. The van der Waals surface area contributed by atoms with E-state index in [1.54, 1.807) is 45.0 Å². The maximum absolute atomic E-state index is 11.9. The van der Waals surface area contributed by atoms with E-state index in [2.05, 4.69) is 5.32 Å². The Labute approximate surface area is 128 Å². The zero-order valence-corrected chi connectivity index (χ0v) is 13.2. The third-order valence-electron chi connectivity index (χ3n) is 2.72. The van der Waals surface area contributed by atoms with Gasteiger partial charge in [0.05, 0.1) is 0 Å². The number of amides is 1. The molecule has 2 atom stereocenters. The minimum absolute atomic E-state index is 0.448. The molecule has 0 aliphatic carbocycles. The number of carbonyl (C=O) groups excluding carboxylic acids is 1. The van der Waals surface area contributed by atoms with Gasteiger partial charge in [-0.3, -0.25) is 10.1 Å². The lowest BCUT2D eigenvalue weighted by Crippen LogP contribution is -2.41. The molecule has 21 heavy (non-hydrogen) atoms. The number of hydrogen-bond donors (Lipinski definition) is 1. The van der Waals surface area contributed by atoms with Crippen LogP contribution >= 0.6 is 11.6 Å². The fourth-order valence-corrected chi connectivity index (χ4v) is 1.83. The number of nitrogens with one attached hydrogen (secondary N) is 1. The highest BCUT2D eigenvalue weighted by Crippen LogP contribution is 2.22. The molecule has 0 spiro atoms. The van der Waals surface area contributed by atoms with Crippen molar-refractivity contribution in [2.24, 2.45) is 0 Å². The minimum Gasteiger partial charge on any atom is -0.444 e. The second-order valence-electron chi connectivity index (χ2n) is 5.70. The summed E-state index contributed by atoms with van der Waals surface area (Å²) in [5.74, 6) is 0. The monoisotopic (exact) mass is 314 g/mol. The first-order valence-electron chi connectivity index (χ1n) is 6.48. The van der Waals surface area contributed by atoms with Crippen LogP contribution in [-0.4, -0.2) is 22.7 Å². The van der Waals surface area contributed by atoms with Crippen molar-refractivity contribution in [3.05, 3.63) is 45.0 Å². The minimum atomic E-state index is -1.00. The zero-order valence-electron chi connectivity index (χ0n) is 12.4. The van der Waals surface area contributed by atoms with Crippen LogP contribution in [0.1, 0.15) is 39.3 Å². The number of hydrogen-bond acceptors (Lipinski definition) is 4. The molecule has 1 aromatic rings. The van der Waals surface area contributed by atoms with Crippen LogP contribution in [0.5, 0.6) is 0 Å². The lowest BCUT2D eigenvalue weighted by molar-refractivity contribution is -0.523. The summed E-state index contributed by atoms with van der Waals surface area (Å²) >= 11 is 5.81. The van der Waals surface area contributed by atoms with Crippen molar-refractivity contribution in [3.8, 4) is 0 Å². The smallest absolute Gasteiger partial charge is 0.408 e. The maximum Gasteiger partial charge on any atom is 0.408 e. The summed E-state index contributed by atoms with van der Waals surface area (Å²) in [5, 5.41) is 14.1. The molecule has 6 nitrogen and oxygen atoms in total. The number of ether oxygens (including phenoxy) is 1. The number of nitrogens with zero attached hydrogens (tertiary/aromatic N) is 1. The van der Waals surface area contributed by atoms with Crippen LogP contribution in [0.2, 0.25) is 5.02 Å². The molecule has 0 fully saturated rings. The van der Waals surface area contributed by atoms with Crippen LogP contribution < -0.4 is 5.32 Å². The predicted molar refractivity (Wildman–Crippen MR) is 80.0 cm³/mol. The zero-order chi connectivity index (χ0) is 16.2. The normalized spacial score (nSPS) is 14.1. The van der Waals surface area contributed by atoms with Crippen LogP contribution in [0.3, 0.4) is 0 Å². The first kappa shape index (κ1) is 17.2. The molecule has 0 aliphatic heterocycles. The summed E-state index contributed by atoms with van der Waals surface area (Å²) in [6.45, 7) is 6.60. The van der Waals surface area contributed by atoms with Gasteiger partial charge in [-0.25, -0.2) is 4.79 Å². The van der Waals surface area contributed by atoms with Crippen molar-refractivity contribution in [2.75, 3.05) is 0 Å². The van der Waals surface area contributed by atoms with E-state index in [0.29, 0.717) is 10.6 Å². The fraction of sp³-hybridized carbons (Fsp3) is 0.500. The Hall–Kier alpha value is -1.82. The number of carbonyl (C=O) groups is 1. The molecule has 0 aliphatic rings. The van der Waals surface area contributed by atoms with E-state index < -0.39 is 28.7 Å². The summed E-state index contributed by atoms with van der Waals surface area (Å²) in [6, 6.07) is 4.72. The maximum atomic E-state index is 11.9. The van der Waals surface area contributed by atoms with Gasteiger partial charge >= 0.3 is 6.09 Å². The molecule has 1 rings (SSSR count). The highest BCUT2D eigenvalue weighted by Gasteiger charge is 2.31. The van der Waals surface area contributed by atoms with Gasteiger partial charge in [0.2, 0.25) is 6.04 Å². The fourth-order valence-electron chi connectivity index (χ4n) is 1.71. The molecule has 0 radical (unpaired) electrons. The van der Waals surface area contributed by atoms with Gasteiger partial charge in [0.25, 0.3) is 0 Å². The summed E-state index contributed by atoms with van der Waals surface area (Å²) in [6.07, 6.45) is -0.698. The molecule has 7 heteroatoms. The first-order chi connectivity index (χ1) is 9.60. The number of alkyl carbamates (subject to hydrolysis) is 1. The van der Waals surface area contributed by atoms with Crippen molar-refractivity contribution in [1.29, 1.82) is 0 Å². The molecule has 1 amide bonds. The van der Waals surface area contributed by atoms with Crippen molar-refractivity contribution in [1.82, 2.24) is 5.32 Å². The Morgan fingerprint density at radius 3 is 2.29 bits per heavy atom. The Balaban J connectivity index is 2.95. The van der Waals surface area contributed by atoms with Crippen molar-refractivity contribution < 1.29 is 14.5 Å². The molecule has 1 aromatic carbocycles. The van der Waals surface area contributed by atoms with Crippen LogP contribution in [-0.2, 0) is 4.74 Å². The van der Waals surface area contributed by atoms with E-state index in [4.69, 9.17) is 16.3 Å². The highest BCUT2D eigenvalue weighted by atomic mass is 35.5. The molecule has 1 N–H and O–H groups in total. The Bertz CT molecular complexity index is 511. The molecule has 0 bridgehead atoms. The quantitative estimate of drug-likeness (QED) is 0.680. The standard InChI is InChI=1S/C14H19ClN2O4/c1-9(17(19)20)12(10-5-7-11(15)8-6-10)16-13(18)21-14(2,3)4/h5-9,12H,1-4H3,(H,16,18)/t9-,12-/m1/s1. The predicted octanol–water partition coefficient (Wildman–Crippen LogP) is 3.57. The third-order valence-corrected chi connectivity index (χ3v) is 2.97.